The van der Waals surface area contributed by atoms with Gasteiger partial charge in [-0.3, -0.25) is 0 Å². The average molecular weight is 234 g/mol. The molecule has 2 rings (SSSR count). The van der Waals surface area contributed by atoms with Crippen LogP contribution in [0.5, 0.6) is 0 Å². The van der Waals surface area contributed by atoms with Crippen LogP contribution in [0.3, 0.4) is 0 Å². The first-order valence-corrected chi connectivity index (χ1v) is 5.28. The van der Waals surface area contributed by atoms with E-state index in [9.17, 15) is 0 Å². The summed E-state index contributed by atoms with van der Waals surface area (Å²) >= 11 is 6.11. The number of rotatable bonds is 2. The van der Waals surface area contributed by atoms with E-state index >= 15 is 0 Å². The summed E-state index contributed by atoms with van der Waals surface area (Å²) in [5.41, 5.74) is 8.27. The van der Waals surface area contributed by atoms with Crippen molar-refractivity contribution < 1.29 is 0 Å². The van der Waals surface area contributed by atoms with Gasteiger partial charge in [0.05, 0.1) is 10.7 Å². The fraction of sp³-hybridized carbons (Fsp3) is 0.0833. The van der Waals surface area contributed by atoms with Gasteiger partial charge in [0.25, 0.3) is 0 Å². The average Bonchev–Trinajstić information content (AvgIpc) is 2.27. The Bertz CT molecular complexity index is 497. The molecule has 0 amide bonds. The number of anilines is 3. The molecule has 0 bridgehead atoms. The molecule has 0 saturated heterocycles. The zero-order valence-corrected chi connectivity index (χ0v) is 9.62. The number of hydrogen-bond donors (Lipinski definition) is 2. The maximum absolute atomic E-state index is 6.11. The number of nitrogens with zero attached hydrogens (tertiary/aromatic N) is 1. The lowest BCUT2D eigenvalue weighted by atomic mass is 10.2. The molecule has 0 aliphatic carbocycles. The highest BCUT2D eigenvalue weighted by atomic mass is 35.5. The lowest BCUT2D eigenvalue weighted by molar-refractivity contribution is 1.31. The highest BCUT2D eigenvalue weighted by Gasteiger charge is 2.04. The van der Waals surface area contributed by atoms with Gasteiger partial charge in [-0.2, -0.15) is 0 Å². The summed E-state index contributed by atoms with van der Waals surface area (Å²) < 4.78 is 0. The van der Waals surface area contributed by atoms with E-state index in [1.807, 2.05) is 37.3 Å². The predicted octanol–water partition coefficient (Wildman–Crippen LogP) is 3.37. The van der Waals surface area contributed by atoms with Crippen molar-refractivity contribution in [2.75, 3.05) is 11.1 Å². The molecule has 1 heterocycles. The first-order chi connectivity index (χ1) is 7.66. The number of benzene rings is 1. The van der Waals surface area contributed by atoms with E-state index in [-0.39, 0.29) is 0 Å². The van der Waals surface area contributed by atoms with E-state index < -0.39 is 0 Å². The van der Waals surface area contributed by atoms with Gasteiger partial charge in [-0.15, -0.1) is 0 Å². The summed E-state index contributed by atoms with van der Waals surface area (Å²) in [5.74, 6) is 0.743. The number of hydrogen-bond acceptors (Lipinski definition) is 3. The van der Waals surface area contributed by atoms with Gasteiger partial charge >= 0.3 is 0 Å². The lowest BCUT2D eigenvalue weighted by Crippen LogP contribution is -1.96. The van der Waals surface area contributed by atoms with Crippen LogP contribution in [0.25, 0.3) is 0 Å². The molecule has 3 N–H and O–H groups in total. The molecular weight excluding hydrogens is 222 g/mol. The molecule has 0 radical (unpaired) electrons. The van der Waals surface area contributed by atoms with Crippen LogP contribution in [0.1, 0.15) is 5.56 Å². The molecule has 82 valence electrons. The minimum Gasteiger partial charge on any atom is -0.398 e. The van der Waals surface area contributed by atoms with Gasteiger partial charge in [0, 0.05) is 11.9 Å². The van der Waals surface area contributed by atoms with E-state index in [0.717, 1.165) is 17.1 Å². The lowest BCUT2D eigenvalue weighted by Gasteiger charge is -2.10. The molecule has 0 aliphatic rings. The minimum absolute atomic E-state index is 0.636. The van der Waals surface area contributed by atoms with E-state index in [2.05, 4.69) is 10.3 Å². The second kappa shape index (κ2) is 4.41. The highest BCUT2D eigenvalue weighted by Crippen LogP contribution is 2.29. The topological polar surface area (TPSA) is 50.9 Å². The first kappa shape index (κ1) is 10.8. The first-order valence-electron chi connectivity index (χ1n) is 4.90. The molecule has 0 spiro atoms. The van der Waals surface area contributed by atoms with Crippen molar-refractivity contribution >= 4 is 28.8 Å². The summed E-state index contributed by atoms with van der Waals surface area (Å²) in [7, 11) is 0. The van der Waals surface area contributed by atoms with E-state index in [0.29, 0.717) is 10.7 Å². The van der Waals surface area contributed by atoms with Crippen LogP contribution >= 0.6 is 11.6 Å². The van der Waals surface area contributed by atoms with Gasteiger partial charge in [0.2, 0.25) is 0 Å². The Morgan fingerprint density at radius 3 is 2.81 bits per heavy atom. The van der Waals surface area contributed by atoms with Crippen molar-refractivity contribution in [1.82, 2.24) is 4.98 Å². The Labute approximate surface area is 99.3 Å². The Balaban J connectivity index is 2.32. The van der Waals surface area contributed by atoms with E-state index in [1.54, 1.807) is 6.20 Å². The second-order valence-corrected chi connectivity index (χ2v) is 3.94. The molecule has 2 aromatic rings. The third-order valence-electron chi connectivity index (χ3n) is 2.28. The van der Waals surface area contributed by atoms with Gasteiger partial charge in [-0.25, -0.2) is 4.98 Å². The summed E-state index contributed by atoms with van der Waals surface area (Å²) in [6, 6.07) is 9.28. The molecule has 16 heavy (non-hydrogen) atoms. The summed E-state index contributed by atoms with van der Waals surface area (Å²) in [6.07, 6.45) is 1.72. The second-order valence-electron chi connectivity index (χ2n) is 3.53. The number of nitrogens with one attached hydrogen (secondary N) is 1. The summed E-state index contributed by atoms with van der Waals surface area (Å²) in [5, 5.41) is 3.75. The fourth-order valence-electron chi connectivity index (χ4n) is 1.36. The molecule has 0 saturated carbocycles. The molecule has 4 heteroatoms. The number of aryl methyl sites for hydroxylation is 1. The molecule has 3 nitrogen and oxygen atoms in total. The van der Waals surface area contributed by atoms with Crippen molar-refractivity contribution in [2.45, 2.75) is 6.92 Å². The number of halogens is 1. The largest absolute Gasteiger partial charge is 0.398 e. The van der Waals surface area contributed by atoms with Crippen molar-refractivity contribution in [2.24, 2.45) is 0 Å². The smallest absolute Gasteiger partial charge is 0.130 e. The Hall–Kier alpha value is -1.74. The van der Waals surface area contributed by atoms with Crippen molar-refractivity contribution in [1.29, 1.82) is 0 Å². The van der Waals surface area contributed by atoms with Crippen LogP contribution < -0.4 is 11.1 Å². The summed E-state index contributed by atoms with van der Waals surface area (Å²) in [4.78, 5) is 4.16. The van der Waals surface area contributed by atoms with E-state index in [4.69, 9.17) is 17.3 Å². The molecule has 0 unspecified atom stereocenters. The van der Waals surface area contributed by atoms with Gasteiger partial charge in [-0.05, 0) is 36.8 Å². The molecule has 1 aromatic carbocycles. The van der Waals surface area contributed by atoms with Crippen LogP contribution in [0.2, 0.25) is 5.02 Å². The number of aromatic nitrogens is 1. The van der Waals surface area contributed by atoms with Gasteiger partial charge in [-0.1, -0.05) is 17.7 Å². The Morgan fingerprint density at radius 2 is 2.12 bits per heavy atom. The number of nitrogens with two attached hydrogens (primary N) is 1. The van der Waals surface area contributed by atoms with Gasteiger partial charge in [0.15, 0.2) is 0 Å². The van der Waals surface area contributed by atoms with Crippen molar-refractivity contribution in [3.8, 4) is 0 Å². The van der Waals surface area contributed by atoms with Gasteiger partial charge < -0.3 is 11.1 Å². The highest BCUT2D eigenvalue weighted by molar-refractivity contribution is 6.33. The van der Waals surface area contributed by atoms with Crippen molar-refractivity contribution in [3.63, 3.8) is 0 Å². The van der Waals surface area contributed by atoms with Crippen molar-refractivity contribution in [3.05, 3.63) is 47.1 Å². The van der Waals surface area contributed by atoms with E-state index in [1.165, 1.54) is 0 Å². The fourth-order valence-corrected chi connectivity index (χ4v) is 1.63. The number of nitrogen functional groups attached to an aromatic ring is 1. The molecular formula is C12H12ClN3. The predicted molar refractivity (Wildman–Crippen MR) is 68.1 cm³/mol. The molecule has 0 fully saturated rings. The maximum Gasteiger partial charge on any atom is 0.130 e. The zero-order chi connectivity index (χ0) is 11.5. The SMILES string of the molecule is Cc1cc(Cl)c(Nc2ccccn2)cc1N. The van der Waals surface area contributed by atoms with Crippen LogP contribution in [-0.2, 0) is 0 Å². The normalized spacial score (nSPS) is 10.1. The van der Waals surface area contributed by atoms with Crippen LogP contribution in [0, 0.1) is 6.92 Å². The van der Waals surface area contributed by atoms with Crippen LogP contribution in [0.15, 0.2) is 36.5 Å². The minimum atomic E-state index is 0.636. The molecule has 0 atom stereocenters. The maximum atomic E-state index is 6.11. The zero-order valence-electron chi connectivity index (χ0n) is 8.87. The third-order valence-corrected chi connectivity index (χ3v) is 2.60. The van der Waals surface area contributed by atoms with Gasteiger partial charge in [0.1, 0.15) is 5.82 Å². The van der Waals surface area contributed by atoms with Crippen LogP contribution in [-0.4, -0.2) is 4.98 Å². The standard InChI is InChI=1S/C12H12ClN3/c1-8-6-9(13)11(7-10(8)14)16-12-4-2-3-5-15-12/h2-7H,14H2,1H3,(H,15,16). The summed E-state index contributed by atoms with van der Waals surface area (Å²) in [6.45, 7) is 1.92. The quantitative estimate of drug-likeness (QED) is 0.782. The Kier molecular flexibility index (Phi) is 2.97. The van der Waals surface area contributed by atoms with Crippen LogP contribution in [0.4, 0.5) is 17.2 Å². The monoisotopic (exact) mass is 233 g/mol. The molecule has 0 aliphatic heterocycles. The Morgan fingerprint density at radius 1 is 1.31 bits per heavy atom. The molecule has 1 aromatic heterocycles. The third kappa shape index (κ3) is 2.25. The number of pyridine rings is 1.